The number of carbonyl (C=O) groups excluding carboxylic acids is 1. The van der Waals surface area contributed by atoms with Crippen molar-refractivity contribution in [2.45, 2.75) is 13.0 Å². The van der Waals surface area contributed by atoms with E-state index in [1.54, 1.807) is 7.11 Å². The number of nitrogens with one attached hydrogen (secondary N) is 1. The summed E-state index contributed by atoms with van der Waals surface area (Å²) < 4.78 is 5.23. The Balaban J connectivity index is 1.60. The van der Waals surface area contributed by atoms with E-state index in [4.69, 9.17) is 4.74 Å². The third-order valence-electron chi connectivity index (χ3n) is 3.56. The van der Waals surface area contributed by atoms with Crippen molar-refractivity contribution in [3.05, 3.63) is 70.5 Å². The van der Waals surface area contributed by atoms with E-state index in [1.807, 2.05) is 60.0 Å². The summed E-state index contributed by atoms with van der Waals surface area (Å²) in [7, 11) is 1.64. The lowest BCUT2D eigenvalue weighted by molar-refractivity contribution is -0.120. The molecule has 24 heavy (non-hydrogen) atoms. The van der Waals surface area contributed by atoms with Gasteiger partial charge in [-0.15, -0.1) is 11.3 Å². The van der Waals surface area contributed by atoms with Gasteiger partial charge >= 0.3 is 0 Å². The molecule has 0 bridgehead atoms. The van der Waals surface area contributed by atoms with Crippen LogP contribution in [0.3, 0.4) is 0 Å². The first-order chi connectivity index (χ1) is 11.7. The molecule has 1 amide bonds. The van der Waals surface area contributed by atoms with E-state index in [2.05, 4.69) is 10.3 Å². The molecule has 4 nitrogen and oxygen atoms in total. The number of ether oxygens (including phenoxy) is 1. The van der Waals surface area contributed by atoms with Gasteiger partial charge in [-0.3, -0.25) is 4.79 Å². The maximum Gasteiger partial charge on any atom is 0.227 e. The predicted molar refractivity (Wildman–Crippen MR) is 96.1 cm³/mol. The number of benzene rings is 2. The normalized spacial score (nSPS) is 10.4. The summed E-state index contributed by atoms with van der Waals surface area (Å²) in [4.78, 5) is 16.6. The Morgan fingerprint density at radius 2 is 2.00 bits per heavy atom. The third-order valence-corrected chi connectivity index (χ3v) is 4.41. The summed E-state index contributed by atoms with van der Waals surface area (Å²) in [5.74, 6) is 0.771. The fourth-order valence-corrected chi connectivity index (χ4v) is 3.11. The van der Waals surface area contributed by atoms with Crippen LogP contribution in [0.1, 0.15) is 10.6 Å². The molecule has 1 N–H and O–H groups in total. The largest absolute Gasteiger partial charge is 0.497 e. The van der Waals surface area contributed by atoms with Gasteiger partial charge in [-0.25, -0.2) is 4.98 Å². The molecule has 0 aliphatic rings. The maximum atomic E-state index is 12.1. The highest BCUT2D eigenvalue weighted by Crippen LogP contribution is 2.25. The topological polar surface area (TPSA) is 51.2 Å². The lowest BCUT2D eigenvalue weighted by atomic mass is 10.1. The minimum Gasteiger partial charge on any atom is -0.497 e. The summed E-state index contributed by atoms with van der Waals surface area (Å²) in [5.41, 5.74) is 2.94. The van der Waals surface area contributed by atoms with Crippen LogP contribution in [0.5, 0.6) is 5.75 Å². The van der Waals surface area contributed by atoms with Crippen molar-refractivity contribution in [2.75, 3.05) is 7.11 Å². The van der Waals surface area contributed by atoms with E-state index in [1.165, 1.54) is 11.3 Å². The molecule has 0 unspecified atom stereocenters. The van der Waals surface area contributed by atoms with Crippen molar-refractivity contribution in [1.82, 2.24) is 10.3 Å². The van der Waals surface area contributed by atoms with Crippen LogP contribution >= 0.6 is 11.3 Å². The lowest BCUT2D eigenvalue weighted by Gasteiger charge is -2.04. The SMILES string of the molecule is COc1cccc(-c2csc(CC(=O)NCc3ccccc3)n2)c1. The lowest BCUT2D eigenvalue weighted by Crippen LogP contribution is -2.24. The fraction of sp³-hybridized carbons (Fsp3) is 0.158. The summed E-state index contributed by atoms with van der Waals surface area (Å²) in [5, 5.41) is 5.69. The Hall–Kier alpha value is -2.66. The second-order valence-electron chi connectivity index (χ2n) is 5.30. The zero-order valence-electron chi connectivity index (χ0n) is 13.4. The molecule has 1 aromatic heterocycles. The molecule has 0 aliphatic heterocycles. The zero-order chi connectivity index (χ0) is 16.8. The Kier molecular flexibility index (Phi) is 5.23. The standard InChI is InChI=1S/C19H18N2O2S/c1-23-16-9-5-8-15(10-16)17-13-24-19(21-17)11-18(22)20-12-14-6-3-2-4-7-14/h2-10,13H,11-12H2,1H3,(H,20,22). The number of carbonyl (C=O) groups is 1. The highest BCUT2D eigenvalue weighted by atomic mass is 32.1. The van der Waals surface area contributed by atoms with Gasteiger partial charge in [0.15, 0.2) is 0 Å². The number of hydrogen-bond donors (Lipinski definition) is 1. The van der Waals surface area contributed by atoms with Crippen LogP contribution in [0.15, 0.2) is 60.0 Å². The first kappa shape index (κ1) is 16.2. The third kappa shape index (κ3) is 4.20. The van der Waals surface area contributed by atoms with Crippen molar-refractivity contribution in [2.24, 2.45) is 0 Å². The molecular formula is C19H18N2O2S. The molecule has 1 heterocycles. The Labute approximate surface area is 145 Å². The average molecular weight is 338 g/mol. The molecule has 122 valence electrons. The highest BCUT2D eigenvalue weighted by Gasteiger charge is 2.09. The minimum absolute atomic E-state index is 0.0228. The Morgan fingerprint density at radius 1 is 1.17 bits per heavy atom. The van der Waals surface area contributed by atoms with E-state index >= 15 is 0 Å². The van der Waals surface area contributed by atoms with Crippen molar-refractivity contribution in [3.63, 3.8) is 0 Å². The highest BCUT2D eigenvalue weighted by molar-refractivity contribution is 7.10. The van der Waals surface area contributed by atoms with E-state index in [-0.39, 0.29) is 5.91 Å². The molecule has 0 saturated heterocycles. The van der Waals surface area contributed by atoms with Gasteiger partial charge in [0.2, 0.25) is 5.91 Å². The van der Waals surface area contributed by atoms with Crippen LogP contribution in [-0.4, -0.2) is 18.0 Å². The second kappa shape index (κ2) is 7.75. The fourth-order valence-electron chi connectivity index (χ4n) is 2.30. The van der Waals surface area contributed by atoms with Gasteiger partial charge < -0.3 is 10.1 Å². The van der Waals surface area contributed by atoms with Crippen molar-refractivity contribution < 1.29 is 9.53 Å². The number of hydrogen-bond acceptors (Lipinski definition) is 4. The van der Waals surface area contributed by atoms with Crippen LogP contribution in [-0.2, 0) is 17.8 Å². The molecule has 0 aliphatic carbocycles. The summed E-state index contributed by atoms with van der Waals surface area (Å²) >= 11 is 1.50. The molecule has 3 rings (SSSR count). The van der Waals surface area contributed by atoms with E-state index < -0.39 is 0 Å². The molecule has 0 fully saturated rings. The number of methoxy groups -OCH3 is 1. The van der Waals surface area contributed by atoms with Gasteiger partial charge in [-0.1, -0.05) is 42.5 Å². The Morgan fingerprint density at radius 3 is 2.79 bits per heavy atom. The van der Waals surface area contributed by atoms with Crippen LogP contribution in [0.25, 0.3) is 11.3 Å². The van der Waals surface area contributed by atoms with Crippen molar-refractivity contribution in [1.29, 1.82) is 0 Å². The summed E-state index contributed by atoms with van der Waals surface area (Å²) in [6.45, 7) is 0.536. The monoisotopic (exact) mass is 338 g/mol. The van der Waals surface area contributed by atoms with Gasteiger partial charge in [0.25, 0.3) is 0 Å². The van der Waals surface area contributed by atoms with E-state index in [0.29, 0.717) is 13.0 Å². The minimum atomic E-state index is -0.0228. The molecule has 3 aromatic rings. The number of aromatic nitrogens is 1. The molecule has 5 heteroatoms. The summed E-state index contributed by atoms with van der Waals surface area (Å²) in [6.07, 6.45) is 0.293. The summed E-state index contributed by atoms with van der Waals surface area (Å²) in [6, 6.07) is 17.6. The average Bonchev–Trinajstić information content (AvgIpc) is 3.09. The quantitative estimate of drug-likeness (QED) is 0.746. The van der Waals surface area contributed by atoms with Gasteiger partial charge in [-0.2, -0.15) is 0 Å². The number of thiazole rings is 1. The van der Waals surface area contributed by atoms with Crippen LogP contribution in [0.2, 0.25) is 0 Å². The van der Waals surface area contributed by atoms with Gasteiger partial charge in [0.05, 0.1) is 19.2 Å². The molecule has 0 saturated carbocycles. The molecule has 0 atom stereocenters. The Bertz CT molecular complexity index is 815. The van der Waals surface area contributed by atoms with Crippen molar-refractivity contribution >= 4 is 17.2 Å². The van der Waals surface area contributed by atoms with E-state index in [9.17, 15) is 4.79 Å². The van der Waals surface area contributed by atoms with Gasteiger partial charge in [0.1, 0.15) is 10.8 Å². The number of nitrogens with zero attached hydrogens (tertiary/aromatic N) is 1. The number of amides is 1. The molecule has 2 aromatic carbocycles. The zero-order valence-corrected chi connectivity index (χ0v) is 14.2. The second-order valence-corrected chi connectivity index (χ2v) is 6.24. The first-order valence-corrected chi connectivity index (χ1v) is 8.52. The smallest absolute Gasteiger partial charge is 0.227 e. The van der Waals surface area contributed by atoms with Crippen LogP contribution < -0.4 is 10.1 Å². The molecule has 0 spiro atoms. The first-order valence-electron chi connectivity index (χ1n) is 7.64. The predicted octanol–water partition coefficient (Wildman–Crippen LogP) is 3.68. The molecule has 0 radical (unpaired) electrons. The molecular weight excluding hydrogens is 320 g/mol. The van der Waals surface area contributed by atoms with Crippen LogP contribution in [0.4, 0.5) is 0 Å². The maximum absolute atomic E-state index is 12.1. The van der Waals surface area contributed by atoms with Crippen LogP contribution in [0, 0.1) is 0 Å². The van der Waals surface area contributed by atoms with Gasteiger partial charge in [-0.05, 0) is 17.7 Å². The van der Waals surface area contributed by atoms with Crippen molar-refractivity contribution in [3.8, 4) is 17.0 Å². The van der Waals surface area contributed by atoms with Gasteiger partial charge in [0, 0.05) is 17.5 Å². The van der Waals surface area contributed by atoms with E-state index in [0.717, 1.165) is 27.6 Å². The number of rotatable bonds is 6.